The van der Waals surface area contributed by atoms with E-state index in [2.05, 4.69) is 27.3 Å². The minimum absolute atomic E-state index is 0.149. The van der Waals surface area contributed by atoms with Gasteiger partial charge in [-0.3, -0.25) is 9.69 Å². The Labute approximate surface area is 177 Å². The van der Waals surface area contributed by atoms with E-state index in [1.165, 1.54) is 18.4 Å². The average Bonchev–Trinajstić information content (AvgIpc) is 3.23. The summed E-state index contributed by atoms with van der Waals surface area (Å²) < 4.78 is 5.28. The summed E-state index contributed by atoms with van der Waals surface area (Å²) in [6, 6.07) is 15.7. The van der Waals surface area contributed by atoms with E-state index in [1.807, 2.05) is 55.5 Å². The summed E-state index contributed by atoms with van der Waals surface area (Å²) in [7, 11) is 0. The molecule has 2 aromatic carbocycles. The van der Waals surface area contributed by atoms with E-state index in [0.29, 0.717) is 17.3 Å². The summed E-state index contributed by atoms with van der Waals surface area (Å²) >= 11 is 0. The molecule has 6 heteroatoms. The highest BCUT2D eigenvalue weighted by Crippen LogP contribution is 2.19. The molecule has 3 aromatic rings. The summed E-state index contributed by atoms with van der Waals surface area (Å²) in [6.07, 6.45) is 2.53. The third kappa shape index (κ3) is 5.13. The molecule has 1 aliphatic rings. The monoisotopic (exact) mass is 404 g/mol. The molecule has 1 fully saturated rings. The second-order valence-electron chi connectivity index (χ2n) is 8.22. The smallest absolute Gasteiger partial charge is 0.251 e. The summed E-state index contributed by atoms with van der Waals surface area (Å²) in [5.41, 5.74) is 3.89. The number of nitrogens with zero attached hydrogens (tertiary/aromatic N) is 3. The number of rotatable bonds is 6. The molecule has 0 radical (unpaired) electrons. The van der Waals surface area contributed by atoms with Crippen molar-refractivity contribution in [3.63, 3.8) is 0 Å². The van der Waals surface area contributed by atoms with E-state index >= 15 is 0 Å². The molecule has 0 unspecified atom stereocenters. The van der Waals surface area contributed by atoms with Gasteiger partial charge in [0.25, 0.3) is 5.91 Å². The number of hydrogen-bond donors (Lipinski definition) is 1. The Hall–Kier alpha value is -2.99. The molecule has 0 aliphatic carbocycles. The Bertz CT molecular complexity index is 988. The highest BCUT2D eigenvalue weighted by Gasteiger charge is 2.16. The van der Waals surface area contributed by atoms with Crippen molar-refractivity contribution in [3.8, 4) is 11.4 Å². The molecule has 1 aliphatic heterocycles. The summed E-state index contributed by atoms with van der Waals surface area (Å²) in [5.74, 6) is 1.60. The number of likely N-dealkylation sites (tertiary alicyclic amines) is 1. The van der Waals surface area contributed by atoms with Crippen molar-refractivity contribution < 1.29 is 9.32 Å². The second kappa shape index (κ2) is 9.22. The molecule has 1 N–H and O–H groups in total. The number of aryl methyl sites for hydroxylation is 1. The van der Waals surface area contributed by atoms with Crippen LogP contribution >= 0.6 is 0 Å². The first-order chi connectivity index (χ1) is 14.6. The fraction of sp³-hybridized carbons (Fsp3) is 0.375. The third-order valence-corrected chi connectivity index (χ3v) is 5.64. The molecular formula is C24H28N4O2. The van der Waals surface area contributed by atoms with Gasteiger partial charge in [-0.2, -0.15) is 4.98 Å². The SMILES string of the molecule is Cc1cccc(-c2noc(CNC(=O)c3ccc(CN4CCC(C)CC4)cc3)n2)c1. The van der Waals surface area contributed by atoms with E-state index in [9.17, 15) is 4.79 Å². The minimum Gasteiger partial charge on any atom is -0.343 e. The molecule has 0 spiro atoms. The van der Waals surface area contributed by atoms with Gasteiger partial charge < -0.3 is 9.84 Å². The Kier molecular flexibility index (Phi) is 6.23. The normalized spacial score (nSPS) is 15.3. The highest BCUT2D eigenvalue weighted by atomic mass is 16.5. The molecule has 0 bridgehead atoms. The topological polar surface area (TPSA) is 71.3 Å². The maximum atomic E-state index is 12.5. The van der Waals surface area contributed by atoms with Gasteiger partial charge in [0, 0.05) is 17.7 Å². The molecule has 30 heavy (non-hydrogen) atoms. The number of aromatic nitrogens is 2. The van der Waals surface area contributed by atoms with Crippen LogP contribution in [0.4, 0.5) is 0 Å². The van der Waals surface area contributed by atoms with Crippen molar-refractivity contribution in [2.45, 2.75) is 39.8 Å². The van der Waals surface area contributed by atoms with Crippen LogP contribution in [-0.4, -0.2) is 34.0 Å². The van der Waals surface area contributed by atoms with Crippen molar-refractivity contribution in [2.24, 2.45) is 5.92 Å². The number of amides is 1. The average molecular weight is 405 g/mol. The summed E-state index contributed by atoms with van der Waals surface area (Å²) in [6.45, 7) is 7.78. The number of carbonyl (C=O) groups excluding carboxylic acids is 1. The minimum atomic E-state index is -0.149. The van der Waals surface area contributed by atoms with Crippen LogP contribution in [0.1, 0.15) is 47.1 Å². The van der Waals surface area contributed by atoms with Gasteiger partial charge in [0.05, 0.1) is 6.54 Å². The molecule has 1 saturated heterocycles. The first kappa shape index (κ1) is 20.3. The van der Waals surface area contributed by atoms with Gasteiger partial charge in [-0.1, -0.05) is 48.0 Å². The largest absolute Gasteiger partial charge is 0.343 e. The van der Waals surface area contributed by atoms with Crippen molar-refractivity contribution in [2.75, 3.05) is 13.1 Å². The van der Waals surface area contributed by atoms with Gasteiger partial charge >= 0.3 is 0 Å². The number of hydrogen-bond acceptors (Lipinski definition) is 5. The first-order valence-electron chi connectivity index (χ1n) is 10.6. The lowest BCUT2D eigenvalue weighted by molar-refractivity contribution is 0.0946. The summed E-state index contributed by atoms with van der Waals surface area (Å²) in [4.78, 5) is 19.3. The number of carbonyl (C=O) groups is 1. The lowest BCUT2D eigenvalue weighted by Gasteiger charge is -2.30. The summed E-state index contributed by atoms with van der Waals surface area (Å²) in [5, 5.41) is 6.86. The van der Waals surface area contributed by atoms with Gasteiger partial charge in [-0.15, -0.1) is 0 Å². The Morgan fingerprint density at radius 2 is 1.93 bits per heavy atom. The van der Waals surface area contributed by atoms with Crippen LogP contribution in [0.25, 0.3) is 11.4 Å². The zero-order chi connectivity index (χ0) is 20.9. The molecule has 1 amide bonds. The van der Waals surface area contributed by atoms with Gasteiger partial charge in [0.1, 0.15) is 0 Å². The molecule has 0 saturated carbocycles. The number of benzene rings is 2. The molecule has 2 heterocycles. The maximum Gasteiger partial charge on any atom is 0.251 e. The Morgan fingerprint density at radius 1 is 1.17 bits per heavy atom. The van der Waals surface area contributed by atoms with Crippen LogP contribution in [0.2, 0.25) is 0 Å². The Balaban J connectivity index is 1.30. The van der Waals surface area contributed by atoms with Crippen LogP contribution < -0.4 is 5.32 Å². The predicted octanol–water partition coefficient (Wildman–Crippen LogP) is 4.21. The van der Waals surface area contributed by atoms with Crippen LogP contribution in [0, 0.1) is 12.8 Å². The molecular weight excluding hydrogens is 376 g/mol. The zero-order valence-corrected chi connectivity index (χ0v) is 17.6. The van der Waals surface area contributed by atoms with E-state index in [4.69, 9.17) is 4.52 Å². The predicted molar refractivity (Wildman–Crippen MR) is 116 cm³/mol. The zero-order valence-electron chi connectivity index (χ0n) is 17.6. The Morgan fingerprint density at radius 3 is 2.67 bits per heavy atom. The number of piperidine rings is 1. The molecule has 1 aromatic heterocycles. The van der Waals surface area contributed by atoms with Crippen molar-refractivity contribution >= 4 is 5.91 Å². The molecule has 156 valence electrons. The van der Waals surface area contributed by atoms with Gasteiger partial charge in [-0.25, -0.2) is 0 Å². The second-order valence-corrected chi connectivity index (χ2v) is 8.22. The first-order valence-corrected chi connectivity index (χ1v) is 10.6. The van der Waals surface area contributed by atoms with Crippen LogP contribution in [0.15, 0.2) is 53.1 Å². The van der Waals surface area contributed by atoms with Crippen LogP contribution in [0.5, 0.6) is 0 Å². The van der Waals surface area contributed by atoms with Crippen LogP contribution in [-0.2, 0) is 13.1 Å². The fourth-order valence-corrected chi connectivity index (χ4v) is 3.73. The maximum absolute atomic E-state index is 12.5. The van der Waals surface area contributed by atoms with Gasteiger partial charge in [-0.05, 0) is 62.5 Å². The molecule has 6 nitrogen and oxygen atoms in total. The van der Waals surface area contributed by atoms with Gasteiger partial charge in [0.2, 0.25) is 11.7 Å². The quantitative estimate of drug-likeness (QED) is 0.666. The van der Waals surface area contributed by atoms with E-state index in [-0.39, 0.29) is 12.5 Å². The van der Waals surface area contributed by atoms with Crippen molar-refractivity contribution in [1.29, 1.82) is 0 Å². The van der Waals surface area contributed by atoms with E-state index < -0.39 is 0 Å². The van der Waals surface area contributed by atoms with Crippen molar-refractivity contribution in [3.05, 3.63) is 71.1 Å². The highest BCUT2D eigenvalue weighted by molar-refractivity contribution is 5.94. The lowest BCUT2D eigenvalue weighted by atomic mass is 9.99. The fourth-order valence-electron chi connectivity index (χ4n) is 3.73. The lowest BCUT2D eigenvalue weighted by Crippen LogP contribution is -2.32. The molecule has 4 rings (SSSR count). The van der Waals surface area contributed by atoms with E-state index in [0.717, 1.165) is 36.7 Å². The molecule has 0 atom stereocenters. The number of nitrogens with one attached hydrogen (secondary N) is 1. The van der Waals surface area contributed by atoms with Gasteiger partial charge in [0.15, 0.2) is 0 Å². The standard InChI is InChI=1S/C24H28N4O2/c1-17-10-12-28(13-11-17)16-19-6-8-20(9-7-19)24(29)25-15-22-26-23(27-30-22)21-5-3-4-18(2)14-21/h3-9,14,17H,10-13,15-16H2,1-2H3,(H,25,29). The van der Waals surface area contributed by atoms with Crippen LogP contribution in [0.3, 0.4) is 0 Å². The third-order valence-electron chi connectivity index (χ3n) is 5.64. The van der Waals surface area contributed by atoms with E-state index in [1.54, 1.807) is 0 Å². The van der Waals surface area contributed by atoms with Crippen molar-refractivity contribution in [1.82, 2.24) is 20.4 Å².